The summed E-state index contributed by atoms with van der Waals surface area (Å²) in [4.78, 5) is 20.7. The third kappa shape index (κ3) is 5.70. The number of hydrazone groups is 1. The number of halogens is 3. The number of primary amides is 1. The van der Waals surface area contributed by atoms with Gasteiger partial charge in [-0.3, -0.25) is 20.3 Å². The van der Waals surface area contributed by atoms with Gasteiger partial charge in [-0.05, 0) is 42.0 Å². The molecule has 0 saturated carbocycles. The van der Waals surface area contributed by atoms with Crippen molar-refractivity contribution in [3.63, 3.8) is 0 Å². The zero-order valence-corrected chi connectivity index (χ0v) is 13.6. The van der Waals surface area contributed by atoms with E-state index in [0.29, 0.717) is 17.4 Å². The van der Waals surface area contributed by atoms with Crippen LogP contribution in [0.2, 0.25) is 0 Å². The van der Waals surface area contributed by atoms with Gasteiger partial charge in [-0.1, -0.05) is 0 Å². The smallest absolute Gasteiger partial charge is 0.416 e. The minimum Gasteiger partial charge on any atom is -0.484 e. The van der Waals surface area contributed by atoms with Crippen LogP contribution in [0.1, 0.15) is 11.1 Å². The summed E-state index contributed by atoms with van der Waals surface area (Å²) in [5.74, 6) is -0.222. The number of nitrogens with zero attached hydrogens (tertiary/aromatic N) is 2. The number of nitro benzene ring substituents is 1. The molecule has 11 heteroatoms. The Morgan fingerprint density at radius 3 is 2.48 bits per heavy atom. The van der Waals surface area contributed by atoms with Crippen LogP contribution in [0, 0.1) is 10.1 Å². The second-order valence-corrected chi connectivity index (χ2v) is 5.18. The fourth-order valence-electron chi connectivity index (χ4n) is 1.93. The molecule has 2 aromatic rings. The molecule has 27 heavy (non-hydrogen) atoms. The minimum atomic E-state index is -4.69. The number of alkyl halides is 3. The van der Waals surface area contributed by atoms with E-state index < -0.39 is 28.3 Å². The molecule has 3 N–H and O–H groups in total. The molecule has 0 unspecified atom stereocenters. The van der Waals surface area contributed by atoms with E-state index in [2.05, 4.69) is 10.5 Å². The molecule has 142 valence electrons. The Bertz CT molecular complexity index is 867. The molecular formula is C16H13F3N4O4. The lowest BCUT2D eigenvalue weighted by molar-refractivity contribution is -0.384. The first-order valence-electron chi connectivity index (χ1n) is 7.32. The Hall–Kier alpha value is -3.63. The Kier molecular flexibility index (Phi) is 5.96. The quantitative estimate of drug-likeness (QED) is 0.433. The maximum Gasteiger partial charge on any atom is 0.416 e. The molecule has 1 amide bonds. The van der Waals surface area contributed by atoms with Gasteiger partial charge in [0.1, 0.15) is 11.4 Å². The summed E-state index contributed by atoms with van der Waals surface area (Å²) in [5, 5.41) is 14.8. The van der Waals surface area contributed by atoms with Gasteiger partial charge in [0.25, 0.3) is 11.6 Å². The molecule has 0 aliphatic heterocycles. The summed E-state index contributed by atoms with van der Waals surface area (Å²) in [6.45, 7) is -0.271. The van der Waals surface area contributed by atoms with Crippen molar-refractivity contribution in [1.82, 2.24) is 0 Å². The van der Waals surface area contributed by atoms with Crippen LogP contribution in [0.4, 0.5) is 24.5 Å². The van der Waals surface area contributed by atoms with Crippen molar-refractivity contribution >= 4 is 23.5 Å². The summed E-state index contributed by atoms with van der Waals surface area (Å²) >= 11 is 0. The van der Waals surface area contributed by atoms with Gasteiger partial charge >= 0.3 is 6.18 Å². The SMILES string of the molecule is NC(=O)COc1ccc(/C=N\Nc2ccc(C(F)(F)F)cc2[N+](=O)[O-])cc1. The first kappa shape index (κ1) is 19.7. The van der Waals surface area contributed by atoms with Gasteiger partial charge in [-0.25, -0.2) is 0 Å². The first-order valence-corrected chi connectivity index (χ1v) is 7.32. The molecule has 2 aromatic carbocycles. The fourth-order valence-corrected chi connectivity index (χ4v) is 1.93. The number of anilines is 1. The van der Waals surface area contributed by atoms with E-state index in [1.807, 2.05) is 0 Å². The summed E-state index contributed by atoms with van der Waals surface area (Å²) in [6, 6.07) is 8.35. The van der Waals surface area contributed by atoms with Crippen LogP contribution >= 0.6 is 0 Å². The molecule has 0 heterocycles. The maximum atomic E-state index is 12.7. The normalized spacial score (nSPS) is 11.4. The van der Waals surface area contributed by atoms with E-state index >= 15 is 0 Å². The Balaban J connectivity index is 2.09. The highest BCUT2D eigenvalue weighted by Gasteiger charge is 2.33. The van der Waals surface area contributed by atoms with Crippen molar-refractivity contribution in [2.45, 2.75) is 6.18 Å². The van der Waals surface area contributed by atoms with Crippen molar-refractivity contribution in [3.05, 3.63) is 63.7 Å². The molecule has 0 saturated heterocycles. The number of nitrogens with one attached hydrogen (secondary N) is 1. The molecule has 0 spiro atoms. The molecule has 2 rings (SSSR count). The molecule has 8 nitrogen and oxygen atoms in total. The number of benzene rings is 2. The number of hydrogen-bond donors (Lipinski definition) is 2. The van der Waals surface area contributed by atoms with Crippen molar-refractivity contribution in [1.29, 1.82) is 0 Å². The van der Waals surface area contributed by atoms with E-state index in [4.69, 9.17) is 10.5 Å². The van der Waals surface area contributed by atoms with Gasteiger partial charge in [0.2, 0.25) is 0 Å². The maximum absolute atomic E-state index is 12.7. The van der Waals surface area contributed by atoms with Crippen molar-refractivity contribution in [2.24, 2.45) is 10.8 Å². The van der Waals surface area contributed by atoms with E-state index in [9.17, 15) is 28.1 Å². The molecule has 0 aliphatic carbocycles. The molecule has 0 atom stereocenters. The average Bonchev–Trinajstić information content (AvgIpc) is 2.60. The third-order valence-electron chi connectivity index (χ3n) is 3.18. The van der Waals surface area contributed by atoms with Gasteiger partial charge in [-0.15, -0.1) is 0 Å². The second-order valence-electron chi connectivity index (χ2n) is 5.18. The lowest BCUT2D eigenvalue weighted by Gasteiger charge is -2.08. The number of carbonyl (C=O) groups excluding carboxylic acids is 1. The van der Waals surface area contributed by atoms with Gasteiger partial charge in [-0.2, -0.15) is 18.3 Å². The van der Waals surface area contributed by atoms with Gasteiger partial charge in [0.05, 0.1) is 16.7 Å². The van der Waals surface area contributed by atoms with E-state index in [-0.39, 0.29) is 12.3 Å². The number of rotatable bonds is 7. The summed E-state index contributed by atoms with van der Waals surface area (Å²) in [5.41, 5.74) is 5.80. The largest absolute Gasteiger partial charge is 0.484 e. The first-order chi connectivity index (χ1) is 12.7. The van der Waals surface area contributed by atoms with Crippen molar-refractivity contribution in [3.8, 4) is 5.75 Å². The van der Waals surface area contributed by atoms with Gasteiger partial charge < -0.3 is 10.5 Å². The zero-order valence-electron chi connectivity index (χ0n) is 13.6. The van der Waals surface area contributed by atoms with Crippen LogP contribution in [0.3, 0.4) is 0 Å². The highest BCUT2D eigenvalue weighted by atomic mass is 19.4. The summed E-state index contributed by atoms with van der Waals surface area (Å²) in [7, 11) is 0. The molecule has 0 fully saturated rings. The van der Waals surface area contributed by atoms with Gasteiger partial charge in [0.15, 0.2) is 6.61 Å². The molecule has 0 radical (unpaired) electrons. The topological polar surface area (TPSA) is 120 Å². The highest BCUT2D eigenvalue weighted by molar-refractivity contribution is 5.81. The van der Waals surface area contributed by atoms with E-state index in [1.165, 1.54) is 6.21 Å². The van der Waals surface area contributed by atoms with Crippen LogP contribution in [-0.4, -0.2) is 23.7 Å². The monoisotopic (exact) mass is 382 g/mol. The molecule has 0 aromatic heterocycles. The van der Waals surface area contributed by atoms with Crippen LogP contribution in [0.25, 0.3) is 0 Å². The standard InChI is InChI=1S/C16H13F3N4O4/c17-16(18,19)11-3-6-13(14(7-11)23(25)26)22-21-8-10-1-4-12(5-2-10)27-9-15(20)24/h1-8,22H,9H2,(H2,20,24)/b21-8-. The average molecular weight is 382 g/mol. The van der Waals surface area contributed by atoms with Crippen LogP contribution in [0.15, 0.2) is 47.6 Å². The predicted molar refractivity (Wildman–Crippen MR) is 90.4 cm³/mol. The third-order valence-corrected chi connectivity index (χ3v) is 3.18. The van der Waals surface area contributed by atoms with E-state index in [0.717, 1.165) is 12.1 Å². The lowest BCUT2D eigenvalue weighted by atomic mass is 10.1. The summed E-state index contributed by atoms with van der Waals surface area (Å²) < 4.78 is 43.1. The lowest BCUT2D eigenvalue weighted by Crippen LogP contribution is -2.19. The highest BCUT2D eigenvalue weighted by Crippen LogP contribution is 2.34. The molecular weight excluding hydrogens is 369 g/mol. The Morgan fingerprint density at radius 2 is 1.93 bits per heavy atom. The van der Waals surface area contributed by atoms with Crippen LogP contribution in [-0.2, 0) is 11.0 Å². The van der Waals surface area contributed by atoms with Crippen LogP contribution in [0.5, 0.6) is 5.75 Å². The van der Waals surface area contributed by atoms with Crippen molar-refractivity contribution < 1.29 is 27.6 Å². The van der Waals surface area contributed by atoms with Crippen molar-refractivity contribution in [2.75, 3.05) is 12.0 Å². The van der Waals surface area contributed by atoms with E-state index in [1.54, 1.807) is 24.3 Å². The number of carbonyl (C=O) groups is 1. The number of amides is 1. The Morgan fingerprint density at radius 1 is 1.26 bits per heavy atom. The number of ether oxygens (including phenoxy) is 1. The summed E-state index contributed by atoms with van der Waals surface area (Å²) in [6.07, 6.45) is -3.38. The zero-order chi connectivity index (χ0) is 20.0. The molecule has 0 bridgehead atoms. The fraction of sp³-hybridized carbons (Fsp3) is 0.125. The predicted octanol–water partition coefficient (Wildman–Crippen LogP) is 2.92. The number of nitro groups is 1. The molecule has 0 aliphatic rings. The van der Waals surface area contributed by atoms with Crippen LogP contribution < -0.4 is 15.9 Å². The van der Waals surface area contributed by atoms with Gasteiger partial charge in [0, 0.05) is 6.07 Å². The number of hydrogen-bond acceptors (Lipinski definition) is 6. The second kappa shape index (κ2) is 8.17. The Labute approximate surface area is 150 Å². The minimum absolute atomic E-state index is 0.189. The number of nitrogens with two attached hydrogens (primary N) is 1.